The molecule has 0 aliphatic carbocycles. The molecule has 0 radical (unpaired) electrons. The zero-order valence-electron chi connectivity index (χ0n) is 10.7. The maximum absolute atomic E-state index is 5.85. The highest BCUT2D eigenvalue weighted by molar-refractivity contribution is 9.08. The van der Waals surface area contributed by atoms with Gasteiger partial charge in [0.05, 0.1) is 19.8 Å². The zero-order valence-corrected chi connectivity index (χ0v) is 12.2. The first-order valence-electron chi connectivity index (χ1n) is 6.35. The molecule has 1 saturated heterocycles. The highest BCUT2D eigenvalue weighted by atomic mass is 79.9. The molecule has 1 unspecified atom stereocenters. The zero-order chi connectivity index (χ0) is 12.8. The summed E-state index contributed by atoms with van der Waals surface area (Å²) in [5.74, 6) is 2.16. The van der Waals surface area contributed by atoms with Gasteiger partial charge in [-0.05, 0) is 31.0 Å². The van der Waals surface area contributed by atoms with Crippen LogP contribution in [0.25, 0.3) is 0 Å². The van der Waals surface area contributed by atoms with Crippen LogP contribution in [-0.2, 0) is 10.1 Å². The second-order valence-corrected chi connectivity index (χ2v) is 4.95. The van der Waals surface area contributed by atoms with Gasteiger partial charge < -0.3 is 14.2 Å². The van der Waals surface area contributed by atoms with Gasteiger partial charge in [0.15, 0.2) is 11.5 Å². The summed E-state index contributed by atoms with van der Waals surface area (Å²) in [6, 6.07) is 6.06. The van der Waals surface area contributed by atoms with Crippen molar-refractivity contribution in [1.29, 1.82) is 0 Å². The van der Waals surface area contributed by atoms with Gasteiger partial charge >= 0.3 is 0 Å². The Hall–Kier alpha value is -0.740. The van der Waals surface area contributed by atoms with E-state index >= 15 is 0 Å². The van der Waals surface area contributed by atoms with Crippen LogP contribution in [0.15, 0.2) is 18.2 Å². The molecule has 18 heavy (non-hydrogen) atoms. The Labute approximate surface area is 117 Å². The quantitative estimate of drug-likeness (QED) is 0.753. The molecule has 0 bridgehead atoms. The molecule has 3 nitrogen and oxygen atoms in total. The van der Waals surface area contributed by atoms with Gasteiger partial charge in [-0.25, -0.2) is 0 Å². The Balaban J connectivity index is 2.00. The topological polar surface area (TPSA) is 27.7 Å². The summed E-state index contributed by atoms with van der Waals surface area (Å²) in [7, 11) is 0. The molecule has 100 valence electrons. The Bertz CT molecular complexity index is 375. The number of halogens is 1. The van der Waals surface area contributed by atoms with E-state index < -0.39 is 0 Å². The summed E-state index contributed by atoms with van der Waals surface area (Å²) in [4.78, 5) is 0. The van der Waals surface area contributed by atoms with Crippen LogP contribution in [0, 0.1) is 5.92 Å². The Morgan fingerprint density at radius 1 is 1.33 bits per heavy atom. The third-order valence-corrected chi connectivity index (χ3v) is 3.61. The normalized spacial score (nSPS) is 18.9. The van der Waals surface area contributed by atoms with Crippen molar-refractivity contribution in [2.45, 2.75) is 18.7 Å². The van der Waals surface area contributed by atoms with Crippen LogP contribution in [0.3, 0.4) is 0 Å². The number of benzene rings is 1. The summed E-state index contributed by atoms with van der Waals surface area (Å²) in [6.45, 7) is 5.00. The van der Waals surface area contributed by atoms with E-state index in [-0.39, 0.29) is 0 Å². The van der Waals surface area contributed by atoms with E-state index in [2.05, 4.69) is 22.0 Å². The molecule has 0 aromatic heterocycles. The average Bonchev–Trinajstić information content (AvgIpc) is 2.90. The summed E-state index contributed by atoms with van der Waals surface area (Å²) in [5.41, 5.74) is 1.19. The van der Waals surface area contributed by atoms with Crippen molar-refractivity contribution in [3.63, 3.8) is 0 Å². The third kappa shape index (κ3) is 3.62. The first kappa shape index (κ1) is 13.7. The fraction of sp³-hybridized carbons (Fsp3) is 0.571. The van der Waals surface area contributed by atoms with Crippen LogP contribution in [-0.4, -0.2) is 26.4 Å². The lowest BCUT2D eigenvalue weighted by Gasteiger charge is -2.15. The van der Waals surface area contributed by atoms with Crippen LogP contribution in [0.1, 0.15) is 18.9 Å². The summed E-state index contributed by atoms with van der Waals surface area (Å²) in [5, 5.41) is 0.823. The Morgan fingerprint density at radius 3 is 2.89 bits per heavy atom. The number of rotatable bonds is 6. The van der Waals surface area contributed by atoms with E-state index in [1.165, 1.54) is 5.56 Å². The first-order valence-corrected chi connectivity index (χ1v) is 7.48. The second kappa shape index (κ2) is 7.00. The first-order chi connectivity index (χ1) is 8.83. The van der Waals surface area contributed by atoms with Crippen molar-refractivity contribution < 1.29 is 14.2 Å². The predicted octanol–water partition coefficient (Wildman–Crippen LogP) is 3.40. The lowest BCUT2D eigenvalue weighted by atomic mass is 10.1. The molecule has 1 aromatic rings. The summed E-state index contributed by atoms with van der Waals surface area (Å²) >= 11 is 3.45. The van der Waals surface area contributed by atoms with Gasteiger partial charge in [-0.3, -0.25) is 0 Å². The minimum atomic E-state index is 0.510. The summed E-state index contributed by atoms with van der Waals surface area (Å²) < 4.78 is 16.8. The van der Waals surface area contributed by atoms with Gasteiger partial charge in [0, 0.05) is 17.9 Å². The van der Waals surface area contributed by atoms with Gasteiger partial charge in [-0.15, -0.1) is 0 Å². The number of hydrogen-bond donors (Lipinski definition) is 0. The van der Waals surface area contributed by atoms with Crippen LogP contribution >= 0.6 is 15.9 Å². The minimum absolute atomic E-state index is 0.510. The van der Waals surface area contributed by atoms with E-state index in [4.69, 9.17) is 14.2 Å². The van der Waals surface area contributed by atoms with E-state index in [0.29, 0.717) is 19.1 Å². The number of hydrogen-bond acceptors (Lipinski definition) is 3. The van der Waals surface area contributed by atoms with Crippen LogP contribution in [0.4, 0.5) is 0 Å². The Kier molecular flexibility index (Phi) is 5.32. The number of alkyl halides is 1. The Morgan fingerprint density at radius 2 is 2.22 bits per heavy atom. The molecule has 1 atom stereocenters. The molecule has 1 heterocycles. The number of ether oxygens (including phenoxy) is 3. The van der Waals surface area contributed by atoms with Crippen LogP contribution in [0.2, 0.25) is 0 Å². The molecular weight excluding hydrogens is 296 g/mol. The lowest BCUT2D eigenvalue weighted by molar-refractivity contribution is 0.165. The summed E-state index contributed by atoms with van der Waals surface area (Å²) in [6.07, 6.45) is 1.09. The molecule has 4 heteroatoms. The molecule has 0 amide bonds. The molecule has 1 aliphatic heterocycles. The average molecular weight is 315 g/mol. The fourth-order valence-corrected chi connectivity index (χ4v) is 2.29. The van der Waals surface area contributed by atoms with Crippen LogP contribution < -0.4 is 9.47 Å². The smallest absolute Gasteiger partial charge is 0.161 e. The highest BCUT2D eigenvalue weighted by Gasteiger charge is 2.17. The van der Waals surface area contributed by atoms with Crippen molar-refractivity contribution in [1.82, 2.24) is 0 Å². The standard InChI is InChI=1S/C14H19BrO3/c1-2-17-14-7-11(8-15)3-4-13(14)18-10-12-5-6-16-9-12/h3-4,7,12H,2,5-6,8-10H2,1H3. The molecular formula is C14H19BrO3. The van der Waals surface area contributed by atoms with Crippen molar-refractivity contribution in [3.05, 3.63) is 23.8 Å². The molecule has 0 N–H and O–H groups in total. The van der Waals surface area contributed by atoms with Gasteiger partial charge in [-0.1, -0.05) is 22.0 Å². The molecule has 0 spiro atoms. The van der Waals surface area contributed by atoms with E-state index in [9.17, 15) is 0 Å². The SMILES string of the molecule is CCOc1cc(CBr)ccc1OCC1CCOC1. The van der Waals surface area contributed by atoms with Crippen molar-refractivity contribution in [2.24, 2.45) is 5.92 Å². The monoisotopic (exact) mass is 314 g/mol. The molecule has 2 rings (SSSR count). The lowest BCUT2D eigenvalue weighted by Crippen LogP contribution is -2.12. The van der Waals surface area contributed by atoms with E-state index in [1.807, 2.05) is 19.1 Å². The maximum atomic E-state index is 5.85. The van der Waals surface area contributed by atoms with Gasteiger partial charge in [0.1, 0.15) is 0 Å². The predicted molar refractivity (Wildman–Crippen MR) is 74.7 cm³/mol. The van der Waals surface area contributed by atoms with Crippen molar-refractivity contribution >= 4 is 15.9 Å². The molecule has 0 saturated carbocycles. The van der Waals surface area contributed by atoms with Crippen LogP contribution in [0.5, 0.6) is 11.5 Å². The molecule has 1 aliphatic rings. The van der Waals surface area contributed by atoms with Crippen molar-refractivity contribution in [2.75, 3.05) is 26.4 Å². The fourth-order valence-electron chi connectivity index (χ4n) is 1.95. The minimum Gasteiger partial charge on any atom is -0.490 e. The van der Waals surface area contributed by atoms with Gasteiger partial charge in [0.25, 0.3) is 0 Å². The van der Waals surface area contributed by atoms with E-state index in [0.717, 1.165) is 36.5 Å². The highest BCUT2D eigenvalue weighted by Crippen LogP contribution is 2.30. The maximum Gasteiger partial charge on any atom is 0.161 e. The largest absolute Gasteiger partial charge is 0.490 e. The van der Waals surface area contributed by atoms with Gasteiger partial charge in [-0.2, -0.15) is 0 Å². The van der Waals surface area contributed by atoms with Crippen molar-refractivity contribution in [3.8, 4) is 11.5 Å². The molecule has 1 fully saturated rings. The third-order valence-electron chi connectivity index (χ3n) is 2.96. The molecule has 1 aromatic carbocycles. The second-order valence-electron chi connectivity index (χ2n) is 4.39. The van der Waals surface area contributed by atoms with E-state index in [1.54, 1.807) is 0 Å². The van der Waals surface area contributed by atoms with Gasteiger partial charge in [0.2, 0.25) is 0 Å².